The molecule has 1 aliphatic carbocycles. The number of halogens is 1. The lowest BCUT2D eigenvalue weighted by molar-refractivity contribution is 0.189. The highest BCUT2D eigenvalue weighted by atomic mass is 19.1. The van der Waals surface area contributed by atoms with Crippen molar-refractivity contribution in [3.8, 4) is 0 Å². The summed E-state index contributed by atoms with van der Waals surface area (Å²) in [6.45, 7) is 9.42. The van der Waals surface area contributed by atoms with Crippen LogP contribution in [0.1, 0.15) is 45.2 Å². The Bertz CT molecular complexity index is 415. The quantitative estimate of drug-likeness (QED) is 0.781. The van der Waals surface area contributed by atoms with Crippen LogP contribution in [-0.4, -0.2) is 30.6 Å². The Morgan fingerprint density at radius 2 is 2.00 bits per heavy atom. The average molecular weight is 278 g/mol. The second-order valence-corrected chi connectivity index (χ2v) is 6.12. The summed E-state index contributed by atoms with van der Waals surface area (Å²) in [4.78, 5) is 2.48. The van der Waals surface area contributed by atoms with Gasteiger partial charge >= 0.3 is 0 Å². The van der Waals surface area contributed by atoms with Crippen molar-refractivity contribution in [2.75, 3.05) is 19.6 Å². The smallest absolute Gasteiger partial charge is 0.128 e. The fraction of sp³-hybridized carbons (Fsp3) is 0.647. The van der Waals surface area contributed by atoms with E-state index >= 15 is 0 Å². The molecular weight excluding hydrogens is 251 g/mol. The number of rotatable bonds is 8. The Labute approximate surface area is 122 Å². The molecule has 1 saturated carbocycles. The number of hydrogen-bond donors (Lipinski definition) is 1. The molecule has 0 aromatic heterocycles. The summed E-state index contributed by atoms with van der Waals surface area (Å²) in [5.41, 5.74) is 0.788. The topological polar surface area (TPSA) is 15.3 Å². The van der Waals surface area contributed by atoms with Gasteiger partial charge in [-0.2, -0.15) is 0 Å². The highest BCUT2D eigenvalue weighted by Gasteiger charge is 2.27. The molecule has 1 atom stereocenters. The first-order valence-electron chi connectivity index (χ1n) is 7.83. The van der Waals surface area contributed by atoms with Crippen LogP contribution in [0.25, 0.3) is 0 Å². The molecule has 0 spiro atoms. The fourth-order valence-corrected chi connectivity index (χ4v) is 2.64. The molecule has 2 nitrogen and oxygen atoms in total. The molecule has 2 rings (SSSR count). The van der Waals surface area contributed by atoms with Crippen molar-refractivity contribution in [1.82, 2.24) is 10.2 Å². The van der Waals surface area contributed by atoms with Gasteiger partial charge in [0.25, 0.3) is 0 Å². The van der Waals surface area contributed by atoms with Gasteiger partial charge in [-0.05, 0) is 45.2 Å². The number of benzene rings is 1. The number of nitrogens with zero attached hydrogens (tertiary/aromatic N) is 1. The molecule has 1 aromatic rings. The summed E-state index contributed by atoms with van der Waals surface area (Å²) in [6, 6.07) is 7.71. The van der Waals surface area contributed by atoms with Gasteiger partial charge in [0.1, 0.15) is 5.82 Å². The number of hydrogen-bond acceptors (Lipinski definition) is 2. The molecule has 0 heterocycles. The van der Waals surface area contributed by atoms with E-state index in [1.807, 2.05) is 12.1 Å². The third kappa shape index (κ3) is 4.29. The van der Waals surface area contributed by atoms with Crippen molar-refractivity contribution in [3.63, 3.8) is 0 Å². The van der Waals surface area contributed by atoms with E-state index in [0.717, 1.165) is 31.1 Å². The third-order valence-electron chi connectivity index (χ3n) is 4.07. The molecule has 1 unspecified atom stereocenters. The zero-order chi connectivity index (χ0) is 14.5. The first-order valence-corrected chi connectivity index (χ1v) is 7.83. The first kappa shape index (κ1) is 15.5. The van der Waals surface area contributed by atoms with E-state index in [2.05, 4.69) is 31.0 Å². The van der Waals surface area contributed by atoms with E-state index in [-0.39, 0.29) is 11.9 Å². The summed E-state index contributed by atoms with van der Waals surface area (Å²) in [5.74, 6) is 0.758. The predicted octanol–water partition coefficient (Wildman–Crippen LogP) is 3.60. The molecule has 1 aliphatic rings. The summed E-state index contributed by atoms with van der Waals surface area (Å²) in [5, 5.41) is 3.44. The van der Waals surface area contributed by atoms with Crippen LogP contribution in [0.15, 0.2) is 24.3 Å². The van der Waals surface area contributed by atoms with Gasteiger partial charge in [0.2, 0.25) is 0 Å². The lowest BCUT2D eigenvalue weighted by Gasteiger charge is -2.31. The maximum atomic E-state index is 14.0. The SMILES string of the molecule is CCNC(CN(CC1CC1)C(C)C)c1ccccc1F. The largest absolute Gasteiger partial charge is 0.309 e. The Morgan fingerprint density at radius 3 is 2.55 bits per heavy atom. The van der Waals surface area contributed by atoms with Crippen LogP contribution in [0.2, 0.25) is 0 Å². The van der Waals surface area contributed by atoms with Crippen LogP contribution in [0.5, 0.6) is 0 Å². The first-order chi connectivity index (χ1) is 9.61. The Kier molecular flexibility index (Phi) is 5.55. The second kappa shape index (κ2) is 7.19. The Hall–Kier alpha value is -0.930. The molecular formula is C17H27FN2. The summed E-state index contributed by atoms with van der Waals surface area (Å²) >= 11 is 0. The maximum absolute atomic E-state index is 14.0. The minimum atomic E-state index is -0.103. The molecule has 1 N–H and O–H groups in total. The minimum Gasteiger partial charge on any atom is -0.309 e. The third-order valence-corrected chi connectivity index (χ3v) is 4.07. The van der Waals surface area contributed by atoms with Gasteiger partial charge in [-0.3, -0.25) is 4.90 Å². The van der Waals surface area contributed by atoms with Crippen molar-refractivity contribution in [2.45, 2.75) is 45.7 Å². The van der Waals surface area contributed by atoms with Crippen LogP contribution in [0.4, 0.5) is 4.39 Å². The van der Waals surface area contributed by atoms with Crippen LogP contribution in [-0.2, 0) is 0 Å². The van der Waals surface area contributed by atoms with Crippen molar-refractivity contribution in [2.24, 2.45) is 5.92 Å². The number of likely N-dealkylation sites (N-methyl/N-ethyl adjacent to an activating group) is 1. The lowest BCUT2D eigenvalue weighted by Crippen LogP contribution is -2.40. The molecule has 0 radical (unpaired) electrons. The second-order valence-electron chi connectivity index (χ2n) is 6.12. The van der Waals surface area contributed by atoms with Crippen molar-refractivity contribution in [3.05, 3.63) is 35.6 Å². The molecule has 20 heavy (non-hydrogen) atoms. The summed E-state index contributed by atoms with van der Waals surface area (Å²) < 4.78 is 14.0. The minimum absolute atomic E-state index is 0.0716. The van der Waals surface area contributed by atoms with E-state index in [1.54, 1.807) is 12.1 Å². The molecule has 0 bridgehead atoms. The van der Waals surface area contributed by atoms with Gasteiger partial charge in [-0.15, -0.1) is 0 Å². The van der Waals surface area contributed by atoms with Gasteiger partial charge < -0.3 is 5.32 Å². The Balaban J connectivity index is 2.08. The van der Waals surface area contributed by atoms with E-state index in [1.165, 1.54) is 12.8 Å². The summed E-state index contributed by atoms with van der Waals surface area (Å²) in [6.07, 6.45) is 2.71. The fourth-order valence-electron chi connectivity index (χ4n) is 2.64. The van der Waals surface area contributed by atoms with Crippen LogP contribution >= 0.6 is 0 Å². The van der Waals surface area contributed by atoms with E-state index in [9.17, 15) is 4.39 Å². The average Bonchev–Trinajstić information content (AvgIpc) is 3.22. The normalized spacial score (nSPS) is 16.9. The standard InChI is InChI=1S/C17H27FN2/c1-4-19-17(15-7-5-6-8-16(15)18)12-20(13(2)3)11-14-9-10-14/h5-8,13-14,17,19H,4,9-12H2,1-3H3. The molecule has 0 aliphatic heterocycles. The Morgan fingerprint density at radius 1 is 1.30 bits per heavy atom. The van der Waals surface area contributed by atoms with Gasteiger partial charge in [0.05, 0.1) is 0 Å². The van der Waals surface area contributed by atoms with E-state index in [4.69, 9.17) is 0 Å². The van der Waals surface area contributed by atoms with Crippen LogP contribution < -0.4 is 5.32 Å². The van der Waals surface area contributed by atoms with Crippen molar-refractivity contribution < 1.29 is 4.39 Å². The van der Waals surface area contributed by atoms with Crippen LogP contribution in [0.3, 0.4) is 0 Å². The van der Waals surface area contributed by atoms with Crippen molar-refractivity contribution >= 4 is 0 Å². The van der Waals surface area contributed by atoms with E-state index < -0.39 is 0 Å². The lowest BCUT2D eigenvalue weighted by atomic mass is 10.0. The zero-order valence-electron chi connectivity index (χ0n) is 12.9. The highest BCUT2D eigenvalue weighted by Crippen LogP contribution is 2.31. The molecule has 112 valence electrons. The molecule has 1 aromatic carbocycles. The molecule has 3 heteroatoms. The monoisotopic (exact) mass is 278 g/mol. The zero-order valence-corrected chi connectivity index (χ0v) is 12.9. The van der Waals surface area contributed by atoms with Gasteiger partial charge in [-0.1, -0.05) is 25.1 Å². The maximum Gasteiger partial charge on any atom is 0.128 e. The van der Waals surface area contributed by atoms with Gasteiger partial charge in [-0.25, -0.2) is 4.39 Å². The number of nitrogens with one attached hydrogen (secondary N) is 1. The highest BCUT2D eigenvalue weighted by molar-refractivity contribution is 5.21. The molecule has 1 fully saturated rings. The van der Waals surface area contributed by atoms with Crippen molar-refractivity contribution in [1.29, 1.82) is 0 Å². The van der Waals surface area contributed by atoms with Crippen LogP contribution in [0, 0.1) is 11.7 Å². The van der Waals surface area contributed by atoms with Gasteiger partial charge in [0.15, 0.2) is 0 Å². The molecule has 0 saturated heterocycles. The van der Waals surface area contributed by atoms with Gasteiger partial charge in [0, 0.05) is 30.7 Å². The summed E-state index contributed by atoms with van der Waals surface area (Å²) in [7, 11) is 0. The predicted molar refractivity (Wildman–Crippen MR) is 82.3 cm³/mol. The van der Waals surface area contributed by atoms with E-state index in [0.29, 0.717) is 6.04 Å². The molecule has 0 amide bonds.